The first-order chi connectivity index (χ1) is 9.90. The molecular weight excluding hydrogens is 297 g/mol. The lowest BCUT2D eigenvalue weighted by Gasteiger charge is -2.26. The Labute approximate surface area is 123 Å². The van der Waals surface area contributed by atoms with Crippen molar-refractivity contribution in [2.45, 2.75) is 24.2 Å². The van der Waals surface area contributed by atoms with Crippen molar-refractivity contribution >= 4 is 21.6 Å². The molecule has 0 spiro atoms. The quantitative estimate of drug-likeness (QED) is 0.800. The number of sulfonamides is 1. The number of carbonyl (C=O) groups is 1. The molecule has 1 aliphatic heterocycles. The van der Waals surface area contributed by atoms with Gasteiger partial charge in [-0.2, -0.15) is 0 Å². The van der Waals surface area contributed by atoms with E-state index >= 15 is 0 Å². The molecule has 1 saturated heterocycles. The number of nitrogens with one attached hydrogen (secondary N) is 1. The average Bonchev–Trinajstić information content (AvgIpc) is 2.48. The number of carbonyl (C=O) groups excluding carboxylic acids is 1. The molecule has 1 heterocycles. The first-order valence-corrected chi connectivity index (χ1v) is 8.21. The summed E-state index contributed by atoms with van der Waals surface area (Å²) in [5, 5.41) is 0. The van der Waals surface area contributed by atoms with Crippen molar-refractivity contribution in [3.63, 3.8) is 0 Å². The summed E-state index contributed by atoms with van der Waals surface area (Å²) in [5.41, 5.74) is 5.10. The van der Waals surface area contributed by atoms with Gasteiger partial charge in [0.1, 0.15) is 5.82 Å². The summed E-state index contributed by atoms with van der Waals surface area (Å²) in [4.78, 5) is 13.4. The van der Waals surface area contributed by atoms with E-state index in [4.69, 9.17) is 5.73 Å². The highest BCUT2D eigenvalue weighted by Gasteiger charge is 2.20. The van der Waals surface area contributed by atoms with Crippen LogP contribution in [0, 0.1) is 5.82 Å². The number of hydrogen-bond donors (Lipinski definition) is 2. The molecule has 0 atom stereocenters. The zero-order valence-corrected chi connectivity index (χ0v) is 12.3. The Hall–Kier alpha value is -1.67. The highest BCUT2D eigenvalue weighted by Crippen LogP contribution is 2.16. The second kappa shape index (κ2) is 6.40. The maximum atomic E-state index is 13.0. The van der Waals surface area contributed by atoms with Crippen LogP contribution in [0.15, 0.2) is 23.1 Å². The number of piperidine rings is 1. The lowest BCUT2D eigenvalue weighted by molar-refractivity contribution is -0.130. The second-order valence-corrected chi connectivity index (χ2v) is 6.72. The standard InChI is InChI=1S/C13H18FN3O3S/c14-11-5-4-10(8-12(11)15)21(19,20)16-9-13(18)17-6-2-1-3-7-17/h4-5,8,16H,1-3,6-7,9,15H2. The number of nitrogens with zero attached hydrogens (tertiary/aromatic N) is 1. The molecule has 0 aliphatic carbocycles. The van der Waals surface area contributed by atoms with E-state index in [1.54, 1.807) is 4.90 Å². The molecule has 0 radical (unpaired) electrons. The number of nitrogen functional groups attached to an aromatic ring is 1. The van der Waals surface area contributed by atoms with E-state index in [1.807, 2.05) is 0 Å². The highest BCUT2D eigenvalue weighted by molar-refractivity contribution is 7.89. The van der Waals surface area contributed by atoms with Crippen molar-refractivity contribution < 1.29 is 17.6 Å². The molecular formula is C13H18FN3O3S. The third-order valence-corrected chi connectivity index (χ3v) is 4.80. The van der Waals surface area contributed by atoms with Gasteiger partial charge in [-0.3, -0.25) is 4.79 Å². The number of likely N-dealkylation sites (tertiary alicyclic amines) is 1. The minimum atomic E-state index is -3.88. The van der Waals surface area contributed by atoms with E-state index in [-0.39, 0.29) is 23.0 Å². The van der Waals surface area contributed by atoms with Crippen LogP contribution in [-0.2, 0) is 14.8 Å². The number of amides is 1. The molecule has 2 rings (SSSR count). The van der Waals surface area contributed by atoms with Crippen LogP contribution < -0.4 is 10.5 Å². The van der Waals surface area contributed by atoms with Crippen LogP contribution in [0.2, 0.25) is 0 Å². The largest absolute Gasteiger partial charge is 0.396 e. The minimum absolute atomic E-state index is 0.159. The van der Waals surface area contributed by atoms with Crippen molar-refractivity contribution in [3.8, 4) is 0 Å². The molecule has 1 fully saturated rings. The van der Waals surface area contributed by atoms with Crippen LogP contribution in [0.25, 0.3) is 0 Å². The van der Waals surface area contributed by atoms with Gasteiger partial charge in [0.05, 0.1) is 17.1 Å². The van der Waals surface area contributed by atoms with Gasteiger partial charge < -0.3 is 10.6 Å². The summed E-state index contributed by atoms with van der Waals surface area (Å²) >= 11 is 0. The predicted molar refractivity (Wildman–Crippen MR) is 76.4 cm³/mol. The van der Waals surface area contributed by atoms with Crippen molar-refractivity contribution in [1.29, 1.82) is 0 Å². The number of benzene rings is 1. The molecule has 1 aliphatic rings. The lowest BCUT2D eigenvalue weighted by atomic mass is 10.1. The van der Waals surface area contributed by atoms with Crippen LogP contribution in [0.4, 0.5) is 10.1 Å². The molecule has 116 valence electrons. The van der Waals surface area contributed by atoms with Crippen LogP contribution >= 0.6 is 0 Å². The van der Waals surface area contributed by atoms with E-state index in [9.17, 15) is 17.6 Å². The third-order valence-electron chi connectivity index (χ3n) is 3.40. The normalized spacial score (nSPS) is 16.0. The number of anilines is 1. The molecule has 0 unspecified atom stereocenters. The van der Waals surface area contributed by atoms with Gasteiger partial charge in [0.15, 0.2) is 0 Å². The fraction of sp³-hybridized carbons (Fsp3) is 0.462. The van der Waals surface area contributed by atoms with Gasteiger partial charge in [0.2, 0.25) is 15.9 Å². The number of halogens is 1. The summed E-state index contributed by atoms with van der Waals surface area (Å²) in [6, 6.07) is 3.12. The number of nitrogens with two attached hydrogens (primary N) is 1. The Morgan fingerprint density at radius 1 is 1.29 bits per heavy atom. The number of hydrogen-bond acceptors (Lipinski definition) is 4. The van der Waals surface area contributed by atoms with Gasteiger partial charge >= 0.3 is 0 Å². The Kier molecular flexibility index (Phi) is 4.79. The first-order valence-electron chi connectivity index (χ1n) is 6.72. The maximum Gasteiger partial charge on any atom is 0.241 e. The molecule has 21 heavy (non-hydrogen) atoms. The predicted octanol–water partition coefficient (Wildman–Crippen LogP) is 0.699. The molecule has 0 saturated carbocycles. The Morgan fingerprint density at radius 2 is 1.95 bits per heavy atom. The molecule has 1 amide bonds. The molecule has 0 aromatic heterocycles. The summed E-state index contributed by atoms with van der Waals surface area (Å²) in [7, 11) is -3.88. The fourth-order valence-corrected chi connectivity index (χ4v) is 3.19. The SMILES string of the molecule is Nc1cc(S(=O)(=O)NCC(=O)N2CCCCC2)ccc1F. The summed E-state index contributed by atoms with van der Waals surface area (Å²) in [6.45, 7) is 1.01. The van der Waals surface area contributed by atoms with E-state index in [0.717, 1.165) is 37.5 Å². The van der Waals surface area contributed by atoms with E-state index in [2.05, 4.69) is 4.72 Å². The second-order valence-electron chi connectivity index (χ2n) is 4.95. The molecule has 6 nitrogen and oxygen atoms in total. The fourth-order valence-electron chi connectivity index (χ4n) is 2.18. The maximum absolute atomic E-state index is 13.0. The average molecular weight is 315 g/mol. The first kappa shape index (κ1) is 15.7. The summed E-state index contributed by atoms with van der Waals surface area (Å²) in [6.07, 6.45) is 2.96. The van der Waals surface area contributed by atoms with Gasteiger partial charge in [-0.05, 0) is 37.5 Å². The lowest BCUT2D eigenvalue weighted by Crippen LogP contribution is -2.42. The van der Waals surface area contributed by atoms with Gasteiger partial charge in [0, 0.05) is 13.1 Å². The molecule has 1 aromatic carbocycles. The van der Waals surface area contributed by atoms with E-state index in [1.165, 1.54) is 0 Å². The van der Waals surface area contributed by atoms with Crippen molar-refractivity contribution in [1.82, 2.24) is 9.62 Å². The van der Waals surface area contributed by atoms with Crippen LogP contribution in [-0.4, -0.2) is 38.9 Å². The van der Waals surface area contributed by atoms with Gasteiger partial charge in [-0.1, -0.05) is 0 Å². The van der Waals surface area contributed by atoms with E-state index < -0.39 is 15.8 Å². The van der Waals surface area contributed by atoms with Crippen LogP contribution in [0.3, 0.4) is 0 Å². The minimum Gasteiger partial charge on any atom is -0.396 e. The zero-order valence-electron chi connectivity index (χ0n) is 11.5. The Morgan fingerprint density at radius 3 is 2.57 bits per heavy atom. The molecule has 1 aromatic rings. The Balaban J connectivity index is 2.00. The zero-order chi connectivity index (χ0) is 15.5. The molecule has 8 heteroatoms. The van der Waals surface area contributed by atoms with E-state index in [0.29, 0.717) is 13.1 Å². The van der Waals surface area contributed by atoms with Crippen molar-refractivity contribution in [2.24, 2.45) is 0 Å². The highest BCUT2D eigenvalue weighted by atomic mass is 32.2. The third kappa shape index (κ3) is 3.92. The number of rotatable bonds is 4. The smallest absolute Gasteiger partial charge is 0.241 e. The molecule has 0 bridgehead atoms. The topological polar surface area (TPSA) is 92.5 Å². The molecule has 3 N–H and O–H groups in total. The van der Waals surface area contributed by atoms with Crippen LogP contribution in [0.5, 0.6) is 0 Å². The monoisotopic (exact) mass is 315 g/mol. The van der Waals surface area contributed by atoms with Gasteiger partial charge in [-0.15, -0.1) is 0 Å². The summed E-state index contributed by atoms with van der Waals surface area (Å²) < 4.78 is 39.3. The van der Waals surface area contributed by atoms with Crippen molar-refractivity contribution in [3.05, 3.63) is 24.0 Å². The van der Waals surface area contributed by atoms with Crippen LogP contribution in [0.1, 0.15) is 19.3 Å². The van der Waals surface area contributed by atoms with Gasteiger partial charge in [-0.25, -0.2) is 17.5 Å². The van der Waals surface area contributed by atoms with Gasteiger partial charge in [0.25, 0.3) is 0 Å². The Bertz CT molecular complexity index is 628. The van der Waals surface area contributed by atoms with Crippen molar-refractivity contribution in [2.75, 3.05) is 25.4 Å². The summed E-state index contributed by atoms with van der Waals surface area (Å²) in [5.74, 6) is -0.938.